The lowest BCUT2D eigenvalue weighted by molar-refractivity contribution is -0.113. The second-order valence-corrected chi connectivity index (χ2v) is 5.06. The zero-order valence-corrected chi connectivity index (χ0v) is 12.1. The molecule has 3 rings (SSSR count). The van der Waals surface area contributed by atoms with Crippen molar-refractivity contribution in [2.75, 3.05) is 11.1 Å². The average molecular weight is 293 g/mol. The summed E-state index contributed by atoms with van der Waals surface area (Å²) in [5, 5.41) is 3.19. The van der Waals surface area contributed by atoms with Gasteiger partial charge in [-0.15, -0.1) is 0 Å². The fourth-order valence-electron chi connectivity index (χ4n) is 2.21. The third kappa shape index (κ3) is 3.17. The zero-order valence-electron chi connectivity index (χ0n) is 12.1. The van der Waals surface area contributed by atoms with Crippen molar-refractivity contribution in [1.29, 1.82) is 0 Å². The highest BCUT2D eigenvalue weighted by molar-refractivity contribution is 6.13. The van der Waals surface area contributed by atoms with Gasteiger partial charge in [0, 0.05) is 29.5 Å². The van der Waals surface area contributed by atoms with Crippen LogP contribution in [0.5, 0.6) is 0 Å². The van der Waals surface area contributed by atoms with E-state index in [0.717, 1.165) is 22.6 Å². The Balaban J connectivity index is 1.87. The van der Waals surface area contributed by atoms with E-state index in [1.54, 1.807) is 18.5 Å². The first-order chi connectivity index (χ1) is 10.6. The van der Waals surface area contributed by atoms with E-state index < -0.39 is 0 Å². The number of ketones is 1. The summed E-state index contributed by atoms with van der Waals surface area (Å²) in [7, 11) is 0. The molecule has 3 N–H and O–H groups in total. The fourth-order valence-corrected chi connectivity index (χ4v) is 2.21. The molecule has 6 nitrogen and oxygen atoms in total. The summed E-state index contributed by atoms with van der Waals surface area (Å²) >= 11 is 0. The molecule has 1 aliphatic rings. The number of benzene rings is 1. The van der Waals surface area contributed by atoms with Crippen molar-refractivity contribution >= 4 is 34.5 Å². The molecule has 0 aliphatic carbocycles. The lowest BCUT2D eigenvalue weighted by atomic mass is 10.0. The van der Waals surface area contributed by atoms with Crippen LogP contribution in [-0.4, -0.2) is 21.5 Å². The molecule has 1 aromatic carbocycles. The third-order valence-corrected chi connectivity index (χ3v) is 3.16. The number of aliphatic imine (C=N–C) groups is 1. The molecule has 110 valence electrons. The van der Waals surface area contributed by atoms with Crippen molar-refractivity contribution in [3.8, 4) is 0 Å². The Bertz CT molecular complexity index is 777. The van der Waals surface area contributed by atoms with E-state index in [2.05, 4.69) is 20.3 Å². The minimum atomic E-state index is 0.0767. The number of carbonyl (C=O) groups excluding carboxylic acids is 1. The van der Waals surface area contributed by atoms with Crippen LogP contribution in [0.1, 0.15) is 18.9 Å². The van der Waals surface area contributed by atoms with E-state index in [0.29, 0.717) is 12.1 Å². The molecule has 0 bridgehead atoms. The van der Waals surface area contributed by atoms with Gasteiger partial charge in [-0.3, -0.25) is 9.79 Å². The largest absolute Gasteiger partial charge is 0.368 e. The minimum Gasteiger partial charge on any atom is -0.368 e. The van der Waals surface area contributed by atoms with Crippen LogP contribution < -0.4 is 11.1 Å². The normalized spacial score (nSPS) is 14.3. The van der Waals surface area contributed by atoms with Gasteiger partial charge in [0.05, 0.1) is 23.8 Å². The Morgan fingerprint density at radius 1 is 1.18 bits per heavy atom. The van der Waals surface area contributed by atoms with Crippen LogP contribution in [0.2, 0.25) is 0 Å². The van der Waals surface area contributed by atoms with Gasteiger partial charge >= 0.3 is 0 Å². The Hall–Kier alpha value is -3.02. The maximum absolute atomic E-state index is 11.7. The number of anilines is 3. The molecule has 0 atom stereocenters. The van der Waals surface area contributed by atoms with Gasteiger partial charge in [0.15, 0.2) is 5.78 Å². The van der Waals surface area contributed by atoms with E-state index >= 15 is 0 Å². The molecule has 2 heterocycles. The highest BCUT2D eigenvalue weighted by atomic mass is 16.1. The van der Waals surface area contributed by atoms with Crippen molar-refractivity contribution in [2.45, 2.75) is 13.3 Å². The standard InChI is InChI=1S/C16H15N5O/c1-10-5-14(22)7-15(20-10)11-3-2-4-12(6-11)21-13-8-18-16(17)19-9-13/h2-4,6-9,21H,5H2,1H3,(H2,17,18,19). The molecule has 1 aliphatic heterocycles. The Morgan fingerprint density at radius 3 is 2.68 bits per heavy atom. The van der Waals surface area contributed by atoms with Gasteiger partial charge in [0.2, 0.25) is 5.95 Å². The van der Waals surface area contributed by atoms with Gasteiger partial charge in [0.25, 0.3) is 0 Å². The quantitative estimate of drug-likeness (QED) is 0.907. The number of hydrogen-bond donors (Lipinski definition) is 2. The van der Waals surface area contributed by atoms with Crippen molar-refractivity contribution in [1.82, 2.24) is 9.97 Å². The van der Waals surface area contributed by atoms with Crippen LogP contribution in [0.15, 0.2) is 47.7 Å². The van der Waals surface area contributed by atoms with Crippen LogP contribution in [0.3, 0.4) is 0 Å². The van der Waals surface area contributed by atoms with Gasteiger partial charge in [-0.1, -0.05) is 12.1 Å². The van der Waals surface area contributed by atoms with Gasteiger partial charge in [-0.25, -0.2) is 9.97 Å². The maximum Gasteiger partial charge on any atom is 0.220 e. The molecule has 0 amide bonds. The summed E-state index contributed by atoms with van der Waals surface area (Å²) in [6, 6.07) is 7.67. The molecule has 0 spiro atoms. The number of nitrogen functional groups attached to an aromatic ring is 1. The summed E-state index contributed by atoms with van der Waals surface area (Å²) in [5.74, 6) is 0.308. The van der Waals surface area contributed by atoms with Crippen LogP contribution in [0.25, 0.3) is 5.70 Å². The number of rotatable bonds is 3. The van der Waals surface area contributed by atoms with Gasteiger partial charge in [-0.05, 0) is 19.1 Å². The van der Waals surface area contributed by atoms with Crippen LogP contribution in [0, 0.1) is 0 Å². The lowest BCUT2D eigenvalue weighted by Crippen LogP contribution is -2.07. The molecule has 0 saturated carbocycles. The van der Waals surface area contributed by atoms with E-state index in [4.69, 9.17) is 5.73 Å². The summed E-state index contributed by atoms with van der Waals surface area (Å²) in [4.78, 5) is 24.0. The van der Waals surface area contributed by atoms with E-state index in [1.807, 2.05) is 31.2 Å². The first kappa shape index (κ1) is 13.9. The molecule has 0 saturated heterocycles. The molecule has 2 aromatic rings. The number of nitrogens with one attached hydrogen (secondary N) is 1. The Labute approximate surface area is 127 Å². The summed E-state index contributed by atoms with van der Waals surface area (Å²) < 4.78 is 0. The molecule has 0 fully saturated rings. The van der Waals surface area contributed by atoms with E-state index in [9.17, 15) is 4.79 Å². The Morgan fingerprint density at radius 2 is 1.95 bits per heavy atom. The third-order valence-electron chi connectivity index (χ3n) is 3.16. The molecule has 1 aromatic heterocycles. The maximum atomic E-state index is 11.7. The van der Waals surface area contributed by atoms with E-state index in [-0.39, 0.29) is 11.7 Å². The summed E-state index contributed by atoms with van der Waals surface area (Å²) in [5.41, 5.74) is 9.45. The number of nitrogens with two attached hydrogens (primary N) is 1. The smallest absolute Gasteiger partial charge is 0.220 e. The van der Waals surface area contributed by atoms with Crippen LogP contribution in [0.4, 0.5) is 17.3 Å². The minimum absolute atomic E-state index is 0.0767. The fraction of sp³-hybridized carbons (Fsp3) is 0.125. The van der Waals surface area contributed by atoms with Crippen molar-refractivity contribution < 1.29 is 4.79 Å². The van der Waals surface area contributed by atoms with E-state index in [1.165, 1.54) is 0 Å². The second kappa shape index (κ2) is 5.77. The predicted molar refractivity (Wildman–Crippen MR) is 86.9 cm³/mol. The van der Waals surface area contributed by atoms with Gasteiger partial charge in [0.1, 0.15) is 0 Å². The zero-order chi connectivity index (χ0) is 15.5. The molecule has 0 unspecified atom stereocenters. The molecule has 22 heavy (non-hydrogen) atoms. The number of carbonyl (C=O) groups is 1. The topological polar surface area (TPSA) is 93.3 Å². The van der Waals surface area contributed by atoms with Gasteiger partial charge < -0.3 is 11.1 Å². The summed E-state index contributed by atoms with van der Waals surface area (Å²) in [6.07, 6.45) is 5.20. The van der Waals surface area contributed by atoms with Crippen LogP contribution in [-0.2, 0) is 4.79 Å². The molecule has 0 radical (unpaired) electrons. The number of aromatic nitrogens is 2. The number of allylic oxidation sites excluding steroid dienone is 1. The summed E-state index contributed by atoms with van der Waals surface area (Å²) in [6.45, 7) is 1.86. The van der Waals surface area contributed by atoms with Gasteiger partial charge in [-0.2, -0.15) is 0 Å². The highest BCUT2D eigenvalue weighted by Gasteiger charge is 2.12. The van der Waals surface area contributed by atoms with Crippen molar-refractivity contribution in [3.05, 3.63) is 48.3 Å². The van der Waals surface area contributed by atoms with Crippen molar-refractivity contribution in [2.24, 2.45) is 4.99 Å². The second-order valence-electron chi connectivity index (χ2n) is 5.06. The SMILES string of the molecule is CC1=NC(c2cccc(Nc3cnc(N)nc3)c2)=CC(=O)C1. The molecule has 6 heteroatoms. The first-order valence-electron chi connectivity index (χ1n) is 6.84. The molecular formula is C16H15N5O. The predicted octanol–water partition coefficient (Wildman–Crippen LogP) is 2.58. The monoisotopic (exact) mass is 293 g/mol. The number of hydrogen-bond acceptors (Lipinski definition) is 6. The Kier molecular flexibility index (Phi) is 3.65. The highest BCUT2D eigenvalue weighted by Crippen LogP contribution is 2.24. The number of nitrogens with zero attached hydrogens (tertiary/aromatic N) is 3. The van der Waals surface area contributed by atoms with Crippen molar-refractivity contribution in [3.63, 3.8) is 0 Å². The average Bonchev–Trinajstić information content (AvgIpc) is 2.49. The molecular weight excluding hydrogens is 278 g/mol. The van der Waals surface area contributed by atoms with Crippen LogP contribution >= 0.6 is 0 Å². The first-order valence-corrected chi connectivity index (χ1v) is 6.84. The lowest BCUT2D eigenvalue weighted by Gasteiger charge is -2.11.